The summed E-state index contributed by atoms with van der Waals surface area (Å²) in [6.07, 6.45) is 4.06. The molecular formula is C39H29N4PtS-. The molecule has 0 aliphatic carbocycles. The van der Waals surface area contributed by atoms with Crippen LogP contribution in [0.2, 0.25) is 0 Å². The second-order valence-corrected chi connectivity index (χ2v) is 12.3. The molecule has 0 fully saturated rings. The Hall–Kier alpha value is -4.44. The summed E-state index contributed by atoms with van der Waals surface area (Å²) in [5.74, 6) is 1.34. The number of rotatable bonds is 6. The number of hydrogen-bond donors (Lipinski definition) is 0. The molecule has 0 atom stereocenters. The monoisotopic (exact) mass is 780 g/mol. The van der Waals surface area contributed by atoms with Gasteiger partial charge in [0.2, 0.25) is 0 Å². The van der Waals surface area contributed by atoms with E-state index in [9.17, 15) is 0 Å². The van der Waals surface area contributed by atoms with E-state index in [1.165, 1.54) is 16.3 Å². The van der Waals surface area contributed by atoms with Gasteiger partial charge in [-0.1, -0.05) is 72.8 Å². The van der Waals surface area contributed by atoms with Crippen molar-refractivity contribution in [1.29, 1.82) is 0 Å². The van der Waals surface area contributed by atoms with E-state index in [2.05, 4.69) is 161 Å². The van der Waals surface area contributed by atoms with Crippen LogP contribution in [-0.4, -0.2) is 18.7 Å². The van der Waals surface area contributed by atoms with Gasteiger partial charge in [0.25, 0.3) is 0 Å². The van der Waals surface area contributed by atoms with Crippen LogP contribution < -0.4 is 0 Å². The maximum absolute atomic E-state index is 4.80. The van der Waals surface area contributed by atoms with Gasteiger partial charge < -0.3 is 4.57 Å². The Balaban J connectivity index is 0.00000325. The molecule has 45 heavy (non-hydrogen) atoms. The van der Waals surface area contributed by atoms with Gasteiger partial charge in [-0.2, -0.15) is 28.8 Å². The maximum Gasteiger partial charge on any atom is 0.168 e. The van der Waals surface area contributed by atoms with E-state index in [-0.39, 0.29) is 21.1 Å². The van der Waals surface area contributed by atoms with Crippen molar-refractivity contribution in [2.24, 2.45) is 0 Å². The van der Waals surface area contributed by atoms with E-state index in [0.717, 1.165) is 49.1 Å². The zero-order chi connectivity index (χ0) is 29.6. The van der Waals surface area contributed by atoms with Gasteiger partial charge in [-0.05, 0) is 47.2 Å². The van der Waals surface area contributed by atoms with Crippen LogP contribution in [0.15, 0.2) is 144 Å². The van der Waals surface area contributed by atoms with Crippen LogP contribution in [0.1, 0.15) is 25.3 Å². The molecule has 8 rings (SSSR count). The molecule has 0 aliphatic rings. The van der Waals surface area contributed by atoms with Crippen molar-refractivity contribution in [2.45, 2.75) is 29.6 Å². The molecule has 0 unspecified atom stereocenters. The summed E-state index contributed by atoms with van der Waals surface area (Å²) in [5, 5.41) is 2.37. The molecular weight excluding hydrogens is 752 g/mol. The van der Waals surface area contributed by atoms with Gasteiger partial charge in [0.05, 0.1) is 0 Å². The van der Waals surface area contributed by atoms with Crippen molar-refractivity contribution in [3.8, 4) is 17.2 Å². The molecule has 4 nitrogen and oxygen atoms in total. The van der Waals surface area contributed by atoms with E-state index in [4.69, 9.17) is 4.98 Å². The minimum Gasteiger partial charge on any atom is -0.319 e. The Labute approximate surface area is 281 Å². The molecule has 0 N–H and O–H groups in total. The Bertz CT molecular complexity index is 2300. The van der Waals surface area contributed by atoms with E-state index in [1.54, 1.807) is 11.8 Å². The number of para-hydroxylation sites is 4. The predicted octanol–water partition coefficient (Wildman–Crippen LogP) is 10.1. The SMILES string of the molecule is CC(C)c1ccnc(-n2c3[c-]c(Sc4[c-]c(-n5[cH+]n(-c6ccccc6)c6ccccc65)ccc4)ccc3c3ccccc32)c1.[Pt]. The van der Waals surface area contributed by atoms with E-state index >= 15 is 0 Å². The molecule has 3 heterocycles. The molecule has 8 aromatic rings. The zero-order valence-corrected chi connectivity index (χ0v) is 27.9. The molecule has 222 valence electrons. The minimum absolute atomic E-state index is 0. The fraction of sp³-hybridized carbons (Fsp3) is 0.0769. The number of aromatic nitrogens is 4. The van der Waals surface area contributed by atoms with Gasteiger partial charge in [0, 0.05) is 50.6 Å². The van der Waals surface area contributed by atoms with Gasteiger partial charge in [-0.25, -0.2) is 9.55 Å². The van der Waals surface area contributed by atoms with Crippen LogP contribution in [0.5, 0.6) is 0 Å². The topological polar surface area (TPSA) is 27.7 Å². The van der Waals surface area contributed by atoms with Crippen molar-refractivity contribution in [1.82, 2.24) is 18.7 Å². The molecule has 0 radical (unpaired) electrons. The summed E-state index contributed by atoms with van der Waals surface area (Å²) in [4.78, 5) is 6.86. The Kier molecular flexibility index (Phi) is 7.91. The van der Waals surface area contributed by atoms with Crippen molar-refractivity contribution < 1.29 is 21.1 Å². The number of hydrogen-bond acceptors (Lipinski definition) is 2. The number of imidazole rings is 1. The average molecular weight is 781 g/mol. The molecule has 0 amide bonds. The predicted molar refractivity (Wildman–Crippen MR) is 181 cm³/mol. The number of nitrogens with zero attached hydrogens (tertiary/aromatic N) is 4. The third-order valence-corrected chi connectivity index (χ3v) is 9.04. The Morgan fingerprint density at radius 1 is 0.667 bits per heavy atom. The first kappa shape index (κ1) is 29.3. The summed E-state index contributed by atoms with van der Waals surface area (Å²) in [6, 6.07) is 49.9. The van der Waals surface area contributed by atoms with Gasteiger partial charge in [-0.3, -0.25) is 0 Å². The minimum atomic E-state index is 0. The summed E-state index contributed by atoms with van der Waals surface area (Å²) in [5.41, 5.74) is 7.82. The number of pyridine rings is 1. The molecule has 0 saturated carbocycles. The average Bonchev–Trinajstić information content (AvgIpc) is 3.61. The van der Waals surface area contributed by atoms with Crippen LogP contribution in [0.4, 0.5) is 0 Å². The van der Waals surface area contributed by atoms with Crippen molar-refractivity contribution in [3.05, 3.63) is 152 Å². The van der Waals surface area contributed by atoms with Gasteiger partial charge in [-0.15, -0.1) is 40.2 Å². The van der Waals surface area contributed by atoms with E-state index in [0.29, 0.717) is 5.92 Å². The zero-order valence-electron chi connectivity index (χ0n) is 24.8. The third-order valence-electron chi connectivity index (χ3n) is 8.12. The molecule has 0 saturated heterocycles. The van der Waals surface area contributed by atoms with Crippen LogP contribution >= 0.6 is 11.8 Å². The van der Waals surface area contributed by atoms with E-state index in [1.807, 2.05) is 12.3 Å². The molecule has 0 spiro atoms. The van der Waals surface area contributed by atoms with Gasteiger partial charge in [0.1, 0.15) is 11.5 Å². The number of benzene rings is 5. The summed E-state index contributed by atoms with van der Waals surface area (Å²) in [7, 11) is 0. The fourth-order valence-electron chi connectivity index (χ4n) is 5.94. The maximum atomic E-state index is 4.80. The Morgan fingerprint density at radius 3 is 2.18 bits per heavy atom. The second kappa shape index (κ2) is 12.2. The van der Waals surface area contributed by atoms with Crippen molar-refractivity contribution >= 4 is 44.6 Å². The normalized spacial score (nSPS) is 11.4. The van der Waals surface area contributed by atoms with Crippen LogP contribution in [0.3, 0.4) is 0 Å². The molecule has 5 aromatic carbocycles. The van der Waals surface area contributed by atoms with Gasteiger partial charge >= 0.3 is 0 Å². The summed E-state index contributed by atoms with van der Waals surface area (Å²) >= 11 is 1.68. The van der Waals surface area contributed by atoms with Gasteiger partial charge in [0.15, 0.2) is 17.4 Å². The standard InChI is InChI=1S/C39H29N4S.Pt/c1-27(2)28-21-22-40-39(23-28)43-35-16-7-6-15-33(35)34-20-19-32(25-38(34)43)44-31-14-10-13-30(24-31)42-26-41(29-11-4-3-5-12-29)36-17-8-9-18-37(36)42;/h3-23,26-27H,1-2H3;/q-1;. The molecule has 3 aromatic heterocycles. The number of fused-ring (bicyclic) bond motifs is 4. The second-order valence-electron chi connectivity index (χ2n) is 11.2. The molecule has 0 bridgehead atoms. The first-order chi connectivity index (χ1) is 21.6. The van der Waals surface area contributed by atoms with Crippen molar-refractivity contribution in [2.75, 3.05) is 0 Å². The smallest absolute Gasteiger partial charge is 0.168 e. The first-order valence-corrected chi connectivity index (χ1v) is 15.7. The van der Waals surface area contributed by atoms with Crippen LogP contribution in [-0.2, 0) is 21.1 Å². The first-order valence-electron chi connectivity index (χ1n) is 14.8. The molecule has 0 aliphatic heterocycles. The largest absolute Gasteiger partial charge is 0.319 e. The van der Waals surface area contributed by atoms with E-state index < -0.39 is 0 Å². The van der Waals surface area contributed by atoms with Crippen LogP contribution in [0, 0.1) is 12.1 Å². The Morgan fingerprint density at radius 2 is 1.38 bits per heavy atom. The van der Waals surface area contributed by atoms with Crippen LogP contribution in [0.25, 0.3) is 50.0 Å². The van der Waals surface area contributed by atoms with Crippen molar-refractivity contribution in [3.63, 3.8) is 0 Å². The third kappa shape index (κ3) is 5.31. The fourth-order valence-corrected chi connectivity index (χ4v) is 6.76. The quantitative estimate of drug-likeness (QED) is 0.157. The summed E-state index contributed by atoms with van der Waals surface area (Å²) < 4.78 is 6.69. The molecule has 6 heteroatoms. The summed E-state index contributed by atoms with van der Waals surface area (Å²) in [6.45, 7) is 4.43.